The van der Waals surface area contributed by atoms with Crippen LogP contribution in [0.5, 0.6) is 0 Å². The Bertz CT molecular complexity index is 233. The van der Waals surface area contributed by atoms with Crippen LogP contribution in [-0.4, -0.2) is 25.4 Å². The minimum atomic E-state index is 0.532. The van der Waals surface area contributed by atoms with E-state index in [1.54, 1.807) is 0 Å². The van der Waals surface area contributed by atoms with Crippen molar-refractivity contribution >= 4 is 0 Å². The highest BCUT2D eigenvalue weighted by Gasteiger charge is 2.28. The van der Waals surface area contributed by atoms with E-state index < -0.39 is 0 Å². The van der Waals surface area contributed by atoms with E-state index in [-0.39, 0.29) is 0 Å². The Kier molecular flexibility index (Phi) is 5.50. The fourth-order valence-electron chi connectivity index (χ4n) is 3.58. The van der Waals surface area contributed by atoms with Crippen LogP contribution in [0.15, 0.2) is 0 Å². The van der Waals surface area contributed by atoms with Crippen molar-refractivity contribution in [3.05, 3.63) is 0 Å². The maximum Gasteiger partial charge on any atom is 0.0581 e. The standard InChI is InChI=1S/C16H30O2/c1-12(2)7-16-10-14(11-18-16)8-13(3)9-15-5-4-6-17-15/h12-16H,4-11H2,1-3H3/t13?,14?,15?,16-/m0/s1. The molecule has 0 radical (unpaired) electrons. The summed E-state index contributed by atoms with van der Waals surface area (Å²) in [5, 5.41) is 0. The van der Waals surface area contributed by atoms with Gasteiger partial charge < -0.3 is 9.47 Å². The quantitative estimate of drug-likeness (QED) is 0.712. The van der Waals surface area contributed by atoms with Gasteiger partial charge in [-0.3, -0.25) is 0 Å². The summed E-state index contributed by atoms with van der Waals surface area (Å²) in [5.74, 6) is 2.35. The van der Waals surface area contributed by atoms with Gasteiger partial charge in [-0.2, -0.15) is 0 Å². The molecule has 106 valence electrons. The van der Waals surface area contributed by atoms with Gasteiger partial charge in [0, 0.05) is 13.2 Å². The van der Waals surface area contributed by atoms with Crippen LogP contribution < -0.4 is 0 Å². The van der Waals surface area contributed by atoms with Crippen molar-refractivity contribution in [2.24, 2.45) is 17.8 Å². The third-order valence-electron chi connectivity index (χ3n) is 4.32. The molecule has 0 aliphatic carbocycles. The lowest BCUT2D eigenvalue weighted by atomic mass is 9.88. The fraction of sp³-hybridized carbons (Fsp3) is 1.00. The first-order valence-corrected chi connectivity index (χ1v) is 7.86. The Morgan fingerprint density at radius 2 is 1.83 bits per heavy atom. The average molecular weight is 254 g/mol. The van der Waals surface area contributed by atoms with Crippen LogP contribution in [0.3, 0.4) is 0 Å². The van der Waals surface area contributed by atoms with E-state index in [9.17, 15) is 0 Å². The summed E-state index contributed by atoms with van der Waals surface area (Å²) < 4.78 is 11.6. The van der Waals surface area contributed by atoms with Gasteiger partial charge in [-0.1, -0.05) is 20.8 Å². The molecule has 0 spiro atoms. The number of hydrogen-bond acceptors (Lipinski definition) is 2. The highest BCUT2D eigenvalue weighted by molar-refractivity contribution is 4.77. The van der Waals surface area contributed by atoms with E-state index in [0.717, 1.165) is 31.0 Å². The number of rotatable bonds is 6. The number of hydrogen-bond donors (Lipinski definition) is 0. The van der Waals surface area contributed by atoms with Crippen molar-refractivity contribution in [3.8, 4) is 0 Å². The van der Waals surface area contributed by atoms with Crippen LogP contribution in [0.2, 0.25) is 0 Å². The van der Waals surface area contributed by atoms with Crippen molar-refractivity contribution in [2.45, 2.75) is 71.5 Å². The SMILES string of the molecule is CC(C)C[C@H]1CC(CC(C)CC2CCCO2)CO1. The van der Waals surface area contributed by atoms with Crippen LogP contribution in [0.4, 0.5) is 0 Å². The summed E-state index contributed by atoms with van der Waals surface area (Å²) in [6.07, 6.45) is 8.73. The second-order valence-electron chi connectivity index (χ2n) is 6.90. The van der Waals surface area contributed by atoms with Crippen LogP contribution >= 0.6 is 0 Å². The molecule has 0 amide bonds. The maximum atomic E-state index is 5.92. The molecule has 2 aliphatic heterocycles. The highest BCUT2D eigenvalue weighted by Crippen LogP contribution is 2.31. The van der Waals surface area contributed by atoms with Crippen LogP contribution in [0.1, 0.15) is 59.3 Å². The molecule has 0 bridgehead atoms. The zero-order valence-electron chi connectivity index (χ0n) is 12.4. The molecule has 2 aliphatic rings. The summed E-state index contributed by atoms with van der Waals surface area (Å²) in [6.45, 7) is 8.94. The largest absolute Gasteiger partial charge is 0.378 e. The van der Waals surface area contributed by atoms with Crippen molar-refractivity contribution in [3.63, 3.8) is 0 Å². The summed E-state index contributed by atoms with van der Waals surface area (Å²) in [7, 11) is 0. The highest BCUT2D eigenvalue weighted by atomic mass is 16.5. The van der Waals surface area contributed by atoms with E-state index in [4.69, 9.17) is 9.47 Å². The van der Waals surface area contributed by atoms with Gasteiger partial charge >= 0.3 is 0 Å². The monoisotopic (exact) mass is 254 g/mol. The normalized spacial score (nSPS) is 34.3. The minimum absolute atomic E-state index is 0.532. The molecule has 2 nitrogen and oxygen atoms in total. The molecule has 4 atom stereocenters. The fourth-order valence-corrected chi connectivity index (χ4v) is 3.58. The van der Waals surface area contributed by atoms with Gasteiger partial charge in [0.1, 0.15) is 0 Å². The lowest BCUT2D eigenvalue weighted by Crippen LogP contribution is -2.14. The molecule has 2 heteroatoms. The Balaban J connectivity index is 1.64. The third-order valence-corrected chi connectivity index (χ3v) is 4.32. The molecule has 0 N–H and O–H groups in total. The van der Waals surface area contributed by atoms with Crippen molar-refractivity contribution < 1.29 is 9.47 Å². The average Bonchev–Trinajstić information content (AvgIpc) is 2.89. The van der Waals surface area contributed by atoms with Crippen LogP contribution in [-0.2, 0) is 9.47 Å². The summed E-state index contributed by atoms with van der Waals surface area (Å²) >= 11 is 0. The van der Waals surface area contributed by atoms with E-state index >= 15 is 0 Å². The molecule has 2 rings (SSSR count). The predicted octanol–water partition coefficient (Wildman–Crippen LogP) is 4.03. The summed E-state index contributed by atoms with van der Waals surface area (Å²) in [6, 6.07) is 0. The van der Waals surface area contributed by atoms with Crippen molar-refractivity contribution in [1.29, 1.82) is 0 Å². The van der Waals surface area contributed by atoms with Gasteiger partial charge in [0.2, 0.25) is 0 Å². The molecular weight excluding hydrogens is 224 g/mol. The van der Waals surface area contributed by atoms with Gasteiger partial charge in [0.25, 0.3) is 0 Å². The molecule has 2 heterocycles. The third kappa shape index (κ3) is 4.55. The van der Waals surface area contributed by atoms with Gasteiger partial charge in [-0.05, 0) is 56.3 Å². The first-order chi connectivity index (χ1) is 8.63. The molecule has 0 aromatic carbocycles. The van der Waals surface area contributed by atoms with Crippen molar-refractivity contribution in [1.82, 2.24) is 0 Å². The second kappa shape index (κ2) is 6.91. The summed E-state index contributed by atoms with van der Waals surface area (Å²) in [5.41, 5.74) is 0. The van der Waals surface area contributed by atoms with Crippen molar-refractivity contribution in [2.75, 3.05) is 13.2 Å². The van der Waals surface area contributed by atoms with Gasteiger partial charge in [-0.15, -0.1) is 0 Å². The van der Waals surface area contributed by atoms with Gasteiger partial charge in [0.15, 0.2) is 0 Å². The lowest BCUT2D eigenvalue weighted by molar-refractivity contribution is 0.0815. The maximum absolute atomic E-state index is 5.92. The molecule has 18 heavy (non-hydrogen) atoms. The van der Waals surface area contributed by atoms with E-state index in [1.165, 1.54) is 38.5 Å². The Hall–Kier alpha value is -0.0800. The lowest BCUT2D eigenvalue weighted by Gasteiger charge is -2.19. The molecule has 0 aromatic heterocycles. The van der Waals surface area contributed by atoms with Gasteiger partial charge in [0.05, 0.1) is 12.2 Å². The number of ether oxygens (including phenoxy) is 2. The topological polar surface area (TPSA) is 18.5 Å². The first-order valence-electron chi connectivity index (χ1n) is 7.86. The predicted molar refractivity (Wildman–Crippen MR) is 74.7 cm³/mol. The Morgan fingerprint density at radius 1 is 1.00 bits per heavy atom. The summed E-state index contributed by atoms with van der Waals surface area (Å²) in [4.78, 5) is 0. The zero-order valence-corrected chi connectivity index (χ0v) is 12.4. The van der Waals surface area contributed by atoms with E-state index in [0.29, 0.717) is 12.2 Å². The molecular formula is C16H30O2. The Morgan fingerprint density at radius 3 is 2.50 bits per heavy atom. The molecule has 0 aromatic rings. The van der Waals surface area contributed by atoms with E-state index in [2.05, 4.69) is 20.8 Å². The molecule has 2 saturated heterocycles. The van der Waals surface area contributed by atoms with Crippen LogP contribution in [0, 0.1) is 17.8 Å². The molecule has 3 unspecified atom stereocenters. The minimum Gasteiger partial charge on any atom is -0.378 e. The zero-order chi connectivity index (χ0) is 13.0. The smallest absolute Gasteiger partial charge is 0.0581 e. The molecule has 2 fully saturated rings. The Labute approximate surface area is 112 Å². The van der Waals surface area contributed by atoms with Gasteiger partial charge in [-0.25, -0.2) is 0 Å². The molecule has 0 saturated carbocycles. The van der Waals surface area contributed by atoms with Crippen LogP contribution in [0.25, 0.3) is 0 Å². The first kappa shape index (κ1) is 14.3. The van der Waals surface area contributed by atoms with E-state index in [1.807, 2.05) is 0 Å². The second-order valence-corrected chi connectivity index (χ2v) is 6.90.